The molecule has 0 unspecified atom stereocenters. The molecule has 0 aliphatic heterocycles. The van der Waals surface area contributed by atoms with Crippen molar-refractivity contribution in [1.29, 1.82) is 0 Å². The summed E-state index contributed by atoms with van der Waals surface area (Å²) in [6.45, 7) is 6.89. The third kappa shape index (κ3) is 6.84. The van der Waals surface area contributed by atoms with Crippen molar-refractivity contribution < 1.29 is 19.1 Å². The van der Waals surface area contributed by atoms with E-state index in [2.05, 4.69) is 19.2 Å². The predicted octanol–water partition coefficient (Wildman–Crippen LogP) is 5.03. The van der Waals surface area contributed by atoms with E-state index < -0.39 is 5.56 Å². The van der Waals surface area contributed by atoms with E-state index in [1.54, 1.807) is 22.8 Å². The molecule has 31 heavy (non-hydrogen) atoms. The summed E-state index contributed by atoms with van der Waals surface area (Å²) in [5, 5.41) is 3.44. The first kappa shape index (κ1) is 24.4. The summed E-state index contributed by atoms with van der Waals surface area (Å²) in [4.78, 5) is 35.9. The Kier molecular flexibility index (Phi) is 10.1. The summed E-state index contributed by atoms with van der Waals surface area (Å²) in [6, 6.07) is 5.32. The van der Waals surface area contributed by atoms with Crippen LogP contribution >= 0.6 is 0 Å². The molecule has 0 atom stereocenters. The van der Waals surface area contributed by atoms with Crippen molar-refractivity contribution in [3.8, 4) is 11.5 Å². The topological polar surface area (TPSA) is 86.6 Å². The lowest BCUT2D eigenvalue weighted by molar-refractivity contribution is -0.121. The van der Waals surface area contributed by atoms with Crippen LogP contribution in [-0.4, -0.2) is 23.6 Å². The molecule has 0 saturated carbocycles. The van der Waals surface area contributed by atoms with Crippen molar-refractivity contribution in [3.63, 3.8) is 0 Å². The zero-order chi connectivity index (χ0) is 22.6. The maximum atomic E-state index is 13.2. The van der Waals surface area contributed by atoms with Crippen LogP contribution in [0.5, 0.6) is 11.5 Å². The van der Waals surface area contributed by atoms with Crippen molar-refractivity contribution in [1.82, 2.24) is 4.57 Å². The smallest absolute Gasteiger partial charge is 0.298 e. The van der Waals surface area contributed by atoms with E-state index in [-0.39, 0.29) is 23.9 Å². The van der Waals surface area contributed by atoms with Gasteiger partial charge in [0.2, 0.25) is 11.7 Å². The minimum absolute atomic E-state index is 0.0826. The number of rotatable bonds is 14. The predicted molar refractivity (Wildman–Crippen MR) is 123 cm³/mol. The SMILES string of the molecule is CCCCCCOc1c(OC=O)c(=O)n(CCCCCC)c2cc(NC(C)=O)ccc12. The summed E-state index contributed by atoms with van der Waals surface area (Å²) >= 11 is 0. The van der Waals surface area contributed by atoms with Crippen LogP contribution in [0, 0.1) is 0 Å². The van der Waals surface area contributed by atoms with Crippen LogP contribution < -0.4 is 20.3 Å². The lowest BCUT2D eigenvalue weighted by Gasteiger charge is -2.18. The normalized spacial score (nSPS) is 10.8. The highest BCUT2D eigenvalue weighted by Crippen LogP contribution is 2.34. The minimum atomic E-state index is -0.403. The highest BCUT2D eigenvalue weighted by Gasteiger charge is 2.20. The number of aromatic nitrogens is 1. The van der Waals surface area contributed by atoms with Gasteiger partial charge in [-0.3, -0.25) is 14.4 Å². The second-order valence-corrected chi connectivity index (χ2v) is 7.71. The third-order valence-corrected chi connectivity index (χ3v) is 5.14. The Morgan fingerprint density at radius 3 is 2.39 bits per heavy atom. The van der Waals surface area contributed by atoms with Gasteiger partial charge in [0.05, 0.1) is 12.1 Å². The summed E-state index contributed by atoms with van der Waals surface area (Å²) in [7, 11) is 0. The van der Waals surface area contributed by atoms with Crippen molar-refractivity contribution in [2.45, 2.75) is 78.7 Å². The molecule has 0 aliphatic carbocycles. The van der Waals surface area contributed by atoms with Crippen molar-refractivity contribution in [2.24, 2.45) is 0 Å². The van der Waals surface area contributed by atoms with E-state index in [4.69, 9.17) is 9.47 Å². The number of hydrogen-bond donors (Lipinski definition) is 1. The van der Waals surface area contributed by atoms with Crippen LogP contribution in [-0.2, 0) is 16.1 Å². The number of nitrogens with zero attached hydrogens (tertiary/aromatic N) is 1. The fraction of sp³-hybridized carbons (Fsp3) is 0.542. The lowest BCUT2D eigenvalue weighted by Crippen LogP contribution is -2.24. The number of fused-ring (bicyclic) bond motifs is 1. The standard InChI is InChI=1S/C24H34N2O5/c1-4-6-8-10-14-26-21-16-19(25-18(3)28)12-13-20(21)22(23(24(26)29)31-17-27)30-15-11-9-7-5-2/h12-13,16-17H,4-11,14-15H2,1-3H3,(H,25,28). The Labute approximate surface area is 183 Å². The van der Waals surface area contributed by atoms with Crippen molar-refractivity contribution in [3.05, 3.63) is 28.6 Å². The zero-order valence-electron chi connectivity index (χ0n) is 18.9. The maximum Gasteiger partial charge on any atom is 0.298 e. The number of ether oxygens (including phenoxy) is 2. The van der Waals surface area contributed by atoms with E-state index >= 15 is 0 Å². The number of carbonyl (C=O) groups is 2. The maximum absolute atomic E-state index is 13.2. The molecule has 0 aliphatic rings. The van der Waals surface area contributed by atoms with E-state index in [1.807, 2.05) is 0 Å². The molecule has 2 rings (SSSR count). The summed E-state index contributed by atoms with van der Waals surface area (Å²) in [5.41, 5.74) is 0.842. The lowest BCUT2D eigenvalue weighted by atomic mass is 10.1. The van der Waals surface area contributed by atoms with Crippen LogP contribution in [0.1, 0.15) is 72.1 Å². The average molecular weight is 431 g/mol. The molecule has 0 bridgehead atoms. The number of nitrogens with one attached hydrogen (secondary N) is 1. The van der Waals surface area contributed by atoms with Gasteiger partial charge >= 0.3 is 0 Å². The number of pyridine rings is 1. The van der Waals surface area contributed by atoms with Gasteiger partial charge in [0, 0.05) is 24.5 Å². The number of aryl methyl sites for hydroxylation is 1. The highest BCUT2D eigenvalue weighted by molar-refractivity contribution is 5.95. The molecular weight excluding hydrogens is 396 g/mol. The van der Waals surface area contributed by atoms with E-state index in [1.165, 1.54) is 6.92 Å². The van der Waals surface area contributed by atoms with Gasteiger partial charge in [-0.1, -0.05) is 52.4 Å². The van der Waals surface area contributed by atoms with Crippen LogP contribution in [0.25, 0.3) is 10.9 Å². The Morgan fingerprint density at radius 1 is 1.03 bits per heavy atom. The van der Waals surface area contributed by atoms with Crippen LogP contribution in [0.4, 0.5) is 5.69 Å². The number of unbranched alkanes of at least 4 members (excludes halogenated alkanes) is 6. The molecular formula is C24H34N2O5. The van der Waals surface area contributed by atoms with Crippen LogP contribution in [0.15, 0.2) is 23.0 Å². The minimum Gasteiger partial charge on any atom is -0.489 e. The molecule has 0 fully saturated rings. The highest BCUT2D eigenvalue weighted by atomic mass is 16.5. The van der Waals surface area contributed by atoms with Gasteiger partial charge in [0.1, 0.15) is 0 Å². The molecule has 1 N–H and O–H groups in total. The van der Waals surface area contributed by atoms with Crippen molar-refractivity contribution in [2.75, 3.05) is 11.9 Å². The monoisotopic (exact) mass is 430 g/mol. The molecule has 0 saturated heterocycles. The molecule has 1 amide bonds. The van der Waals surface area contributed by atoms with Gasteiger partial charge in [-0.05, 0) is 31.0 Å². The number of carbonyl (C=O) groups excluding carboxylic acids is 2. The van der Waals surface area contributed by atoms with E-state index in [0.29, 0.717) is 29.7 Å². The van der Waals surface area contributed by atoms with E-state index in [9.17, 15) is 14.4 Å². The Morgan fingerprint density at radius 2 is 1.74 bits per heavy atom. The van der Waals surface area contributed by atoms with E-state index in [0.717, 1.165) is 51.4 Å². The van der Waals surface area contributed by atoms with Gasteiger partial charge in [0.15, 0.2) is 5.75 Å². The number of benzene rings is 1. The Balaban J connectivity index is 2.53. The van der Waals surface area contributed by atoms with Crippen LogP contribution in [0.2, 0.25) is 0 Å². The summed E-state index contributed by atoms with van der Waals surface area (Å²) in [6.07, 6.45) is 8.09. The van der Waals surface area contributed by atoms with Crippen LogP contribution in [0.3, 0.4) is 0 Å². The summed E-state index contributed by atoms with van der Waals surface area (Å²) in [5.74, 6) is 0.00744. The quantitative estimate of drug-likeness (QED) is 0.335. The first-order chi connectivity index (χ1) is 15.0. The van der Waals surface area contributed by atoms with Gasteiger partial charge in [0.25, 0.3) is 12.0 Å². The Bertz CT molecular complexity index is 936. The third-order valence-electron chi connectivity index (χ3n) is 5.14. The van der Waals surface area contributed by atoms with Gasteiger partial charge < -0.3 is 19.4 Å². The number of hydrogen-bond acceptors (Lipinski definition) is 5. The molecule has 7 nitrogen and oxygen atoms in total. The van der Waals surface area contributed by atoms with Crippen molar-refractivity contribution >= 4 is 29.0 Å². The second-order valence-electron chi connectivity index (χ2n) is 7.71. The summed E-state index contributed by atoms with van der Waals surface area (Å²) < 4.78 is 12.7. The zero-order valence-corrected chi connectivity index (χ0v) is 18.9. The van der Waals surface area contributed by atoms with Gasteiger partial charge in [-0.25, -0.2) is 0 Å². The fourth-order valence-corrected chi connectivity index (χ4v) is 3.60. The molecule has 2 aromatic rings. The molecule has 0 spiro atoms. The first-order valence-electron chi connectivity index (χ1n) is 11.2. The molecule has 1 heterocycles. The molecule has 1 aromatic carbocycles. The second kappa shape index (κ2) is 12.8. The van der Waals surface area contributed by atoms with Gasteiger partial charge in [-0.2, -0.15) is 0 Å². The molecule has 0 radical (unpaired) electrons. The first-order valence-corrected chi connectivity index (χ1v) is 11.2. The van der Waals surface area contributed by atoms with Gasteiger partial charge in [-0.15, -0.1) is 0 Å². The number of anilines is 1. The fourth-order valence-electron chi connectivity index (χ4n) is 3.60. The number of amides is 1. The molecule has 7 heteroatoms. The largest absolute Gasteiger partial charge is 0.489 e. The molecule has 1 aromatic heterocycles. The average Bonchev–Trinajstić information content (AvgIpc) is 2.74. The Hall–Kier alpha value is -2.83. The molecule has 170 valence electrons.